The second-order valence-electron chi connectivity index (χ2n) is 6.79. The molecule has 0 saturated carbocycles. The highest BCUT2D eigenvalue weighted by Crippen LogP contribution is 2.15. The molecule has 0 saturated heterocycles. The smallest absolute Gasteiger partial charge is 0.329 e. The molecule has 3 rings (SSSR count). The van der Waals surface area contributed by atoms with E-state index in [2.05, 4.69) is 21.2 Å². The zero-order valence-corrected chi connectivity index (χ0v) is 18.1. The summed E-state index contributed by atoms with van der Waals surface area (Å²) in [5.41, 5.74) is 3.62. The first kappa shape index (κ1) is 23.9. The van der Waals surface area contributed by atoms with Crippen molar-refractivity contribution in [3.8, 4) is 11.5 Å². The van der Waals surface area contributed by atoms with Crippen molar-refractivity contribution in [2.75, 3.05) is 24.4 Å². The number of ether oxygens (including phenoxy) is 2. The third kappa shape index (κ3) is 7.45. The minimum absolute atomic E-state index is 0.182. The van der Waals surface area contributed by atoms with Gasteiger partial charge in [-0.3, -0.25) is 14.4 Å². The highest BCUT2D eigenvalue weighted by molar-refractivity contribution is 6.39. The monoisotopic (exact) mass is 464 g/mol. The summed E-state index contributed by atoms with van der Waals surface area (Å²) in [6.07, 6.45) is 1.34. The average molecular weight is 464 g/mol. The normalized spacial score (nSPS) is 10.4. The molecule has 0 spiro atoms. The van der Waals surface area contributed by atoms with Gasteiger partial charge in [-0.15, -0.1) is 0 Å². The zero-order valence-electron chi connectivity index (χ0n) is 18.1. The minimum atomic E-state index is -0.983. The van der Waals surface area contributed by atoms with Crippen LogP contribution in [0, 0.1) is 5.82 Å². The van der Waals surface area contributed by atoms with Crippen molar-refractivity contribution in [1.29, 1.82) is 0 Å². The molecule has 3 amide bonds. The molecule has 0 atom stereocenters. The van der Waals surface area contributed by atoms with Gasteiger partial charge in [-0.1, -0.05) is 0 Å². The van der Waals surface area contributed by atoms with E-state index in [-0.39, 0.29) is 18.2 Å². The van der Waals surface area contributed by atoms with Crippen LogP contribution in [-0.4, -0.2) is 37.7 Å². The molecule has 9 nitrogen and oxygen atoms in total. The van der Waals surface area contributed by atoms with Gasteiger partial charge in [0.25, 0.3) is 5.91 Å². The van der Waals surface area contributed by atoms with E-state index in [1.807, 2.05) is 0 Å². The first-order valence-corrected chi connectivity index (χ1v) is 9.99. The summed E-state index contributed by atoms with van der Waals surface area (Å²) in [6, 6.07) is 18.5. The van der Waals surface area contributed by atoms with Crippen molar-refractivity contribution in [1.82, 2.24) is 5.43 Å². The quantitative estimate of drug-likeness (QED) is 0.269. The molecule has 174 valence electrons. The van der Waals surface area contributed by atoms with Crippen LogP contribution >= 0.6 is 0 Å². The summed E-state index contributed by atoms with van der Waals surface area (Å²) in [5.74, 6) is -1.56. The van der Waals surface area contributed by atoms with Crippen molar-refractivity contribution in [3.63, 3.8) is 0 Å². The van der Waals surface area contributed by atoms with Crippen LogP contribution in [0.15, 0.2) is 77.9 Å². The molecule has 3 aromatic rings. The Morgan fingerprint density at radius 1 is 0.824 bits per heavy atom. The van der Waals surface area contributed by atoms with E-state index in [9.17, 15) is 18.8 Å². The van der Waals surface area contributed by atoms with Crippen LogP contribution in [0.3, 0.4) is 0 Å². The van der Waals surface area contributed by atoms with Crippen molar-refractivity contribution in [2.24, 2.45) is 5.10 Å². The molecule has 0 radical (unpaired) electrons. The summed E-state index contributed by atoms with van der Waals surface area (Å²) in [4.78, 5) is 35.6. The molecule has 3 N–H and O–H groups in total. The number of methoxy groups -OCH3 is 1. The van der Waals surface area contributed by atoms with Crippen LogP contribution < -0.4 is 25.5 Å². The SMILES string of the molecule is COc1ccc(NC(=O)COc2ccc(/C=N\NC(=O)C(=O)Nc3ccc(F)cc3)cc2)cc1. The second kappa shape index (κ2) is 11.8. The average Bonchev–Trinajstić information content (AvgIpc) is 2.85. The number of rotatable bonds is 8. The number of nitrogens with zero attached hydrogens (tertiary/aromatic N) is 1. The molecule has 0 aliphatic carbocycles. The Labute approximate surface area is 194 Å². The third-order valence-corrected chi connectivity index (χ3v) is 4.31. The number of nitrogens with one attached hydrogen (secondary N) is 3. The number of amides is 3. The first-order chi connectivity index (χ1) is 16.4. The number of halogens is 1. The Hall–Kier alpha value is -4.73. The largest absolute Gasteiger partial charge is 0.497 e. The number of hydrazone groups is 1. The van der Waals surface area contributed by atoms with Gasteiger partial charge in [0.05, 0.1) is 13.3 Å². The van der Waals surface area contributed by atoms with Crippen LogP contribution in [0.2, 0.25) is 0 Å². The van der Waals surface area contributed by atoms with Gasteiger partial charge in [-0.2, -0.15) is 5.10 Å². The van der Waals surface area contributed by atoms with Gasteiger partial charge < -0.3 is 20.1 Å². The molecule has 0 fully saturated rings. The lowest BCUT2D eigenvalue weighted by Gasteiger charge is -2.08. The Bertz CT molecular complexity index is 1160. The zero-order chi connectivity index (χ0) is 24.3. The molecule has 0 bridgehead atoms. The van der Waals surface area contributed by atoms with E-state index >= 15 is 0 Å². The summed E-state index contributed by atoms with van der Waals surface area (Å²) in [5, 5.41) is 8.75. The lowest BCUT2D eigenvalue weighted by molar-refractivity contribution is -0.136. The van der Waals surface area contributed by atoms with Gasteiger partial charge in [0.1, 0.15) is 17.3 Å². The Balaban J connectivity index is 1.41. The van der Waals surface area contributed by atoms with E-state index in [1.54, 1.807) is 55.6 Å². The van der Waals surface area contributed by atoms with E-state index in [0.29, 0.717) is 22.7 Å². The Morgan fingerprint density at radius 3 is 2.06 bits per heavy atom. The van der Waals surface area contributed by atoms with E-state index in [4.69, 9.17) is 9.47 Å². The van der Waals surface area contributed by atoms with Crippen LogP contribution in [0.25, 0.3) is 0 Å². The number of benzene rings is 3. The topological polar surface area (TPSA) is 118 Å². The third-order valence-electron chi connectivity index (χ3n) is 4.31. The molecule has 0 heterocycles. The lowest BCUT2D eigenvalue weighted by Crippen LogP contribution is -2.32. The predicted molar refractivity (Wildman–Crippen MR) is 124 cm³/mol. The van der Waals surface area contributed by atoms with Crippen LogP contribution in [0.4, 0.5) is 15.8 Å². The van der Waals surface area contributed by atoms with E-state index in [0.717, 1.165) is 12.1 Å². The van der Waals surface area contributed by atoms with Crippen LogP contribution in [0.5, 0.6) is 11.5 Å². The summed E-state index contributed by atoms with van der Waals surface area (Å²) in [7, 11) is 1.56. The maximum absolute atomic E-state index is 12.9. The van der Waals surface area contributed by atoms with Crippen molar-refractivity contribution < 1.29 is 28.2 Å². The summed E-state index contributed by atoms with van der Waals surface area (Å²) < 4.78 is 23.4. The molecular weight excluding hydrogens is 443 g/mol. The van der Waals surface area contributed by atoms with Crippen LogP contribution in [0.1, 0.15) is 5.56 Å². The standard InChI is InChI=1S/C24H21FN4O5/c1-33-20-12-8-18(9-13-20)27-22(30)15-34-21-10-2-16(3-11-21)14-26-29-24(32)23(31)28-19-6-4-17(25)5-7-19/h2-14H,15H2,1H3,(H,27,30)(H,28,31)(H,29,32)/b26-14-. The molecule has 34 heavy (non-hydrogen) atoms. The molecule has 0 aliphatic heterocycles. The molecule has 0 aliphatic rings. The first-order valence-electron chi connectivity index (χ1n) is 9.99. The van der Waals surface area contributed by atoms with Crippen LogP contribution in [-0.2, 0) is 14.4 Å². The molecule has 0 unspecified atom stereocenters. The maximum Gasteiger partial charge on any atom is 0.329 e. The second-order valence-corrected chi connectivity index (χ2v) is 6.79. The molecular formula is C24H21FN4O5. The molecule has 10 heteroatoms. The van der Waals surface area contributed by atoms with Gasteiger partial charge >= 0.3 is 11.8 Å². The van der Waals surface area contributed by atoms with Gasteiger partial charge in [0, 0.05) is 11.4 Å². The van der Waals surface area contributed by atoms with E-state index in [1.165, 1.54) is 18.3 Å². The molecule has 3 aromatic carbocycles. The predicted octanol–water partition coefficient (Wildman–Crippen LogP) is 2.94. The maximum atomic E-state index is 12.9. The fraction of sp³-hybridized carbons (Fsp3) is 0.0833. The lowest BCUT2D eigenvalue weighted by atomic mass is 10.2. The van der Waals surface area contributed by atoms with Gasteiger partial charge in [0.15, 0.2) is 6.61 Å². The summed E-state index contributed by atoms with van der Waals surface area (Å²) in [6.45, 7) is -0.182. The van der Waals surface area contributed by atoms with Crippen molar-refractivity contribution in [3.05, 3.63) is 84.2 Å². The van der Waals surface area contributed by atoms with Gasteiger partial charge in [0.2, 0.25) is 0 Å². The highest BCUT2D eigenvalue weighted by Gasteiger charge is 2.12. The number of carbonyl (C=O) groups excluding carboxylic acids is 3. The molecule has 0 aromatic heterocycles. The Kier molecular flexibility index (Phi) is 8.28. The fourth-order valence-electron chi connectivity index (χ4n) is 2.61. The van der Waals surface area contributed by atoms with E-state index < -0.39 is 17.6 Å². The summed E-state index contributed by atoms with van der Waals surface area (Å²) >= 11 is 0. The Morgan fingerprint density at radius 2 is 1.41 bits per heavy atom. The van der Waals surface area contributed by atoms with Crippen molar-refractivity contribution in [2.45, 2.75) is 0 Å². The number of anilines is 2. The fourth-order valence-corrected chi connectivity index (χ4v) is 2.61. The highest BCUT2D eigenvalue weighted by atomic mass is 19.1. The van der Waals surface area contributed by atoms with Gasteiger partial charge in [-0.05, 0) is 78.4 Å². The number of carbonyl (C=O) groups is 3. The number of hydrogen-bond acceptors (Lipinski definition) is 6. The number of hydrogen-bond donors (Lipinski definition) is 3. The van der Waals surface area contributed by atoms with Gasteiger partial charge in [-0.25, -0.2) is 9.82 Å². The minimum Gasteiger partial charge on any atom is -0.497 e. The van der Waals surface area contributed by atoms with Crippen molar-refractivity contribution >= 4 is 35.3 Å².